The lowest BCUT2D eigenvalue weighted by atomic mass is 9.95. The zero-order chi connectivity index (χ0) is 21.4. The van der Waals surface area contributed by atoms with Crippen molar-refractivity contribution in [3.8, 4) is 0 Å². The first-order valence-electron chi connectivity index (χ1n) is 11.3. The third-order valence-electron chi connectivity index (χ3n) is 6.95. The lowest BCUT2D eigenvalue weighted by Gasteiger charge is -2.44. The van der Waals surface area contributed by atoms with Gasteiger partial charge in [-0.05, 0) is 67.3 Å². The Morgan fingerprint density at radius 2 is 1.68 bits per heavy atom. The van der Waals surface area contributed by atoms with Crippen LogP contribution >= 0.6 is 11.6 Å². The van der Waals surface area contributed by atoms with Gasteiger partial charge < -0.3 is 9.80 Å². The first-order valence-corrected chi connectivity index (χ1v) is 11.7. The molecule has 0 spiro atoms. The molecule has 0 bridgehead atoms. The summed E-state index contributed by atoms with van der Waals surface area (Å²) < 4.78 is 0. The van der Waals surface area contributed by atoms with E-state index in [9.17, 15) is 9.59 Å². The minimum Gasteiger partial charge on any atom is -0.336 e. The van der Waals surface area contributed by atoms with Crippen LogP contribution in [0.1, 0.15) is 51.1 Å². The summed E-state index contributed by atoms with van der Waals surface area (Å²) in [6.07, 6.45) is 4.52. The molecule has 0 aromatic heterocycles. The molecule has 6 heteroatoms. The lowest BCUT2D eigenvalue weighted by molar-refractivity contribution is 0.0372. The Balaban J connectivity index is 1.27. The number of halogens is 1. The quantitative estimate of drug-likeness (QED) is 0.716. The molecule has 5 nitrogen and oxygen atoms in total. The molecule has 0 saturated carbocycles. The van der Waals surface area contributed by atoms with E-state index >= 15 is 0 Å². The van der Waals surface area contributed by atoms with Crippen molar-refractivity contribution >= 4 is 23.4 Å². The highest BCUT2D eigenvalue weighted by Crippen LogP contribution is 2.25. The van der Waals surface area contributed by atoms with Crippen LogP contribution in [0.25, 0.3) is 0 Å². The number of rotatable bonds is 2. The van der Waals surface area contributed by atoms with Crippen LogP contribution in [0.4, 0.5) is 0 Å². The van der Waals surface area contributed by atoms with E-state index in [1.54, 1.807) is 24.3 Å². The molecule has 1 unspecified atom stereocenters. The molecule has 0 aliphatic carbocycles. The molecule has 3 aliphatic rings. The van der Waals surface area contributed by atoms with Gasteiger partial charge in [0.15, 0.2) is 0 Å². The van der Waals surface area contributed by atoms with Gasteiger partial charge in [-0.2, -0.15) is 0 Å². The molecule has 2 saturated heterocycles. The molecule has 2 aromatic carbocycles. The summed E-state index contributed by atoms with van der Waals surface area (Å²) in [5, 5.41) is 0.570. The zero-order valence-electron chi connectivity index (χ0n) is 17.7. The second kappa shape index (κ2) is 8.64. The highest BCUT2D eigenvalue weighted by molar-refractivity contribution is 6.30. The molecule has 2 aromatic rings. The third kappa shape index (κ3) is 4.21. The second-order valence-electron chi connectivity index (χ2n) is 8.91. The maximum absolute atomic E-state index is 13.2. The minimum absolute atomic E-state index is 0.00124. The van der Waals surface area contributed by atoms with Gasteiger partial charge >= 0.3 is 0 Å². The van der Waals surface area contributed by atoms with Gasteiger partial charge in [0.2, 0.25) is 0 Å². The molecule has 0 radical (unpaired) electrons. The van der Waals surface area contributed by atoms with Crippen molar-refractivity contribution in [1.82, 2.24) is 14.7 Å². The van der Waals surface area contributed by atoms with E-state index in [0.29, 0.717) is 29.7 Å². The molecule has 0 N–H and O–H groups in total. The van der Waals surface area contributed by atoms with E-state index in [1.807, 2.05) is 28.0 Å². The van der Waals surface area contributed by atoms with Crippen LogP contribution in [0.5, 0.6) is 0 Å². The first-order chi connectivity index (χ1) is 15.1. The van der Waals surface area contributed by atoms with E-state index < -0.39 is 0 Å². The Bertz CT molecular complexity index is 1010. The van der Waals surface area contributed by atoms with Crippen LogP contribution in [-0.4, -0.2) is 65.3 Å². The lowest BCUT2D eigenvalue weighted by Crippen LogP contribution is -2.56. The number of hydrogen-bond acceptors (Lipinski definition) is 3. The molecule has 5 rings (SSSR count). The highest BCUT2D eigenvalue weighted by Gasteiger charge is 2.32. The summed E-state index contributed by atoms with van der Waals surface area (Å²) in [6.45, 7) is 5.04. The summed E-state index contributed by atoms with van der Waals surface area (Å²) >= 11 is 6.05. The smallest absolute Gasteiger partial charge is 0.254 e. The topological polar surface area (TPSA) is 43.9 Å². The van der Waals surface area contributed by atoms with Gasteiger partial charge in [-0.15, -0.1) is 0 Å². The standard InChI is InChI=1S/C25H28ClN3O2/c26-22-5-3-4-19(15-22)24(30)28-11-9-18-14-20(7-8-21(18)16-28)25(31)29-13-12-27-10-2-1-6-23(27)17-29/h3-5,7-8,14-15,23H,1-2,6,9-13,16-17H2. The van der Waals surface area contributed by atoms with Gasteiger partial charge in [0.25, 0.3) is 11.8 Å². The van der Waals surface area contributed by atoms with E-state index in [-0.39, 0.29) is 11.8 Å². The fourth-order valence-electron chi connectivity index (χ4n) is 5.19. The summed E-state index contributed by atoms with van der Waals surface area (Å²) in [7, 11) is 0. The summed E-state index contributed by atoms with van der Waals surface area (Å²) in [4.78, 5) is 32.5. The largest absolute Gasteiger partial charge is 0.336 e. The Morgan fingerprint density at radius 3 is 2.55 bits per heavy atom. The third-order valence-corrected chi connectivity index (χ3v) is 7.18. The Hall–Kier alpha value is -2.37. The predicted molar refractivity (Wildman–Crippen MR) is 121 cm³/mol. The van der Waals surface area contributed by atoms with Gasteiger partial charge in [-0.3, -0.25) is 14.5 Å². The minimum atomic E-state index is -0.00124. The van der Waals surface area contributed by atoms with Gasteiger partial charge in [0, 0.05) is 54.9 Å². The van der Waals surface area contributed by atoms with Gasteiger partial charge in [0.05, 0.1) is 0 Å². The van der Waals surface area contributed by atoms with Crippen LogP contribution in [0.15, 0.2) is 42.5 Å². The van der Waals surface area contributed by atoms with Gasteiger partial charge in [-0.25, -0.2) is 0 Å². The second-order valence-corrected chi connectivity index (χ2v) is 9.34. The van der Waals surface area contributed by atoms with Crippen molar-refractivity contribution < 1.29 is 9.59 Å². The zero-order valence-corrected chi connectivity index (χ0v) is 18.5. The number of hydrogen-bond donors (Lipinski definition) is 0. The van der Waals surface area contributed by atoms with Crippen molar-refractivity contribution in [3.63, 3.8) is 0 Å². The van der Waals surface area contributed by atoms with E-state index in [0.717, 1.165) is 37.2 Å². The number of piperazine rings is 1. The number of carbonyl (C=O) groups is 2. The fourth-order valence-corrected chi connectivity index (χ4v) is 5.38. The highest BCUT2D eigenvalue weighted by atomic mass is 35.5. The summed E-state index contributed by atoms with van der Waals surface area (Å²) in [5.41, 5.74) is 3.69. The number of carbonyl (C=O) groups excluding carboxylic acids is 2. The van der Waals surface area contributed by atoms with E-state index in [2.05, 4.69) is 4.90 Å². The number of piperidine rings is 1. The summed E-state index contributed by atoms with van der Waals surface area (Å²) in [6, 6.07) is 13.6. The maximum atomic E-state index is 13.2. The Kier molecular flexibility index (Phi) is 5.72. The fraction of sp³-hybridized carbons (Fsp3) is 0.440. The monoisotopic (exact) mass is 437 g/mol. The van der Waals surface area contributed by atoms with E-state index in [1.165, 1.54) is 31.4 Å². The molecule has 3 heterocycles. The molecule has 2 amide bonds. The Morgan fingerprint density at radius 1 is 0.839 bits per heavy atom. The van der Waals surface area contributed by atoms with Gasteiger partial charge in [0.1, 0.15) is 0 Å². The van der Waals surface area contributed by atoms with Crippen LogP contribution < -0.4 is 0 Å². The maximum Gasteiger partial charge on any atom is 0.254 e. The molecule has 3 aliphatic heterocycles. The van der Waals surface area contributed by atoms with Crippen molar-refractivity contribution in [3.05, 3.63) is 69.7 Å². The van der Waals surface area contributed by atoms with Crippen molar-refractivity contribution in [1.29, 1.82) is 0 Å². The molecule has 2 fully saturated rings. The number of benzene rings is 2. The molecule has 1 atom stereocenters. The van der Waals surface area contributed by atoms with Crippen LogP contribution in [-0.2, 0) is 13.0 Å². The van der Waals surface area contributed by atoms with Crippen LogP contribution in [0, 0.1) is 0 Å². The van der Waals surface area contributed by atoms with E-state index in [4.69, 9.17) is 11.6 Å². The van der Waals surface area contributed by atoms with Crippen molar-refractivity contribution in [2.24, 2.45) is 0 Å². The SMILES string of the molecule is O=C(c1cccc(Cl)c1)N1CCc2cc(C(=O)N3CCN4CCCCC4C3)ccc2C1. The molecule has 162 valence electrons. The molecule has 31 heavy (non-hydrogen) atoms. The summed E-state index contributed by atoms with van der Waals surface area (Å²) in [5.74, 6) is 0.143. The van der Waals surface area contributed by atoms with Gasteiger partial charge in [-0.1, -0.05) is 30.2 Å². The predicted octanol–water partition coefficient (Wildman–Crippen LogP) is 3.85. The normalized spacial score (nSPS) is 21.4. The average Bonchev–Trinajstić information content (AvgIpc) is 2.82. The number of amides is 2. The molecular formula is C25H28ClN3O2. The van der Waals surface area contributed by atoms with Crippen molar-refractivity contribution in [2.75, 3.05) is 32.7 Å². The number of fused-ring (bicyclic) bond motifs is 2. The van der Waals surface area contributed by atoms with Crippen LogP contribution in [0.3, 0.4) is 0 Å². The Labute approximate surface area is 188 Å². The van der Waals surface area contributed by atoms with Crippen LogP contribution in [0.2, 0.25) is 5.02 Å². The average molecular weight is 438 g/mol. The van der Waals surface area contributed by atoms with Crippen molar-refractivity contribution in [2.45, 2.75) is 38.3 Å². The first kappa shape index (κ1) is 20.5. The molecular weight excluding hydrogens is 410 g/mol. The number of nitrogens with zero attached hydrogens (tertiary/aromatic N) is 3.